The molecule has 0 aliphatic heterocycles. The molecule has 0 aromatic heterocycles. The molecule has 0 fully saturated rings. The van der Waals surface area contributed by atoms with Crippen molar-refractivity contribution < 1.29 is 39.9 Å². The number of esters is 2. The molecule has 3 unspecified atom stereocenters. The second-order valence-electron chi connectivity index (χ2n) is 5.23. The van der Waals surface area contributed by atoms with Gasteiger partial charge in [0.1, 0.15) is 12.2 Å². The molecule has 8 heteroatoms. The number of aliphatic hydroxyl groups excluding tert-OH is 3. The van der Waals surface area contributed by atoms with Gasteiger partial charge in [0.2, 0.25) is 0 Å². The van der Waals surface area contributed by atoms with E-state index in [1.54, 1.807) is 0 Å². The van der Waals surface area contributed by atoms with Gasteiger partial charge in [-0.2, -0.15) is 0 Å². The van der Waals surface area contributed by atoms with E-state index in [2.05, 4.69) is 4.74 Å². The smallest absolute Gasteiger partial charge is 0.341 e. The largest absolute Gasteiger partial charge is 0.504 e. The monoisotopic (exact) mass is 336 g/mol. The first-order valence-electron chi connectivity index (χ1n) is 6.99. The molecule has 0 saturated carbocycles. The molecule has 0 heterocycles. The number of carbonyl (C=O) groups excluding carboxylic acids is 2. The first kappa shape index (κ1) is 17.7. The zero-order chi connectivity index (χ0) is 17.9. The van der Waals surface area contributed by atoms with E-state index in [1.807, 2.05) is 0 Å². The Morgan fingerprint density at radius 3 is 2.46 bits per heavy atom. The molecule has 0 amide bonds. The van der Waals surface area contributed by atoms with E-state index in [9.17, 15) is 35.1 Å². The Balaban J connectivity index is 1.99. The van der Waals surface area contributed by atoms with Crippen LogP contribution in [0, 0.1) is 0 Å². The first-order valence-corrected chi connectivity index (χ1v) is 6.99. The summed E-state index contributed by atoms with van der Waals surface area (Å²) in [5, 5.41) is 46.8. The van der Waals surface area contributed by atoms with Gasteiger partial charge in [-0.25, -0.2) is 9.59 Å². The number of aromatic hydroxyl groups is 2. The SMILES string of the molecule is O=C(C=Cc1ccc(O)c(O)c1)OC(=O)C1=CC(O)C(O)C(O)C1. The predicted octanol–water partition coefficient (Wildman–Crippen LogP) is -0.406. The van der Waals surface area contributed by atoms with Crippen molar-refractivity contribution >= 4 is 18.0 Å². The minimum absolute atomic E-state index is 0.121. The van der Waals surface area contributed by atoms with Crippen LogP contribution in [0.1, 0.15) is 12.0 Å². The summed E-state index contributed by atoms with van der Waals surface area (Å²) >= 11 is 0. The number of phenolic OH excluding ortho intramolecular Hbond substituents is 2. The zero-order valence-electron chi connectivity index (χ0n) is 12.4. The van der Waals surface area contributed by atoms with Crippen LogP contribution in [0.15, 0.2) is 35.9 Å². The molecular weight excluding hydrogens is 320 g/mol. The van der Waals surface area contributed by atoms with Crippen molar-refractivity contribution in [3.05, 3.63) is 41.5 Å². The van der Waals surface area contributed by atoms with Gasteiger partial charge in [-0.05, 0) is 29.8 Å². The lowest BCUT2D eigenvalue weighted by atomic mass is 9.92. The maximum Gasteiger partial charge on any atom is 0.341 e. The van der Waals surface area contributed by atoms with Crippen molar-refractivity contribution in [2.24, 2.45) is 0 Å². The van der Waals surface area contributed by atoms with E-state index in [0.29, 0.717) is 5.56 Å². The van der Waals surface area contributed by atoms with Crippen molar-refractivity contribution in [1.82, 2.24) is 0 Å². The molecule has 5 N–H and O–H groups in total. The van der Waals surface area contributed by atoms with Crippen LogP contribution >= 0.6 is 0 Å². The third-order valence-electron chi connectivity index (χ3n) is 3.41. The average molecular weight is 336 g/mol. The highest BCUT2D eigenvalue weighted by atomic mass is 16.6. The van der Waals surface area contributed by atoms with E-state index in [4.69, 9.17) is 0 Å². The van der Waals surface area contributed by atoms with E-state index in [-0.39, 0.29) is 23.5 Å². The number of rotatable bonds is 3. The Kier molecular flexibility index (Phi) is 5.35. The van der Waals surface area contributed by atoms with Crippen molar-refractivity contribution in [2.45, 2.75) is 24.7 Å². The fraction of sp³-hybridized carbons (Fsp3) is 0.250. The Morgan fingerprint density at radius 2 is 1.83 bits per heavy atom. The van der Waals surface area contributed by atoms with Crippen molar-refractivity contribution in [3.8, 4) is 11.5 Å². The number of aliphatic hydroxyl groups is 3. The van der Waals surface area contributed by atoms with Gasteiger partial charge in [0, 0.05) is 18.1 Å². The van der Waals surface area contributed by atoms with Crippen molar-refractivity contribution in [2.75, 3.05) is 0 Å². The standard InChI is InChI=1S/C16H16O8/c17-10-3-1-8(5-11(10)18)2-4-14(21)24-16(23)9-6-12(19)15(22)13(20)7-9/h1-6,12-13,15,17-20,22H,7H2. The van der Waals surface area contributed by atoms with E-state index < -0.39 is 30.3 Å². The molecule has 0 spiro atoms. The third kappa shape index (κ3) is 4.19. The summed E-state index contributed by atoms with van der Waals surface area (Å²) in [6.45, 7) is 0. The van der Waals surface area contributed by atoms with Crippen LogP contribution in [0.25, 0.3) is 6.08 Å². The highest BCUT2D eigenvalue weighted by Crippen LogP contribution is 2.25. The van der Waals surface area contributed by atoms with Crippen LogP contribution in [-0.2, 0) is 14.3 Å². The third-order valence-corrected chi connectivity index (χ3v) is 3.41. The summed E-state index contributed by atoms with van der Waals surface area (Å²) in [7, 11) is 0. The molecule has 0 saturated heterocycles. The van der Waals surface area contributed by atoms with Crippen LogP contribution in [0.2, 0.25) is 0 Å². The summed E-state index contributed by atoms with van der Waals surface area (Å²) in [5.41, 5.74) is 0.268. The van der Waals surface area contributed by atoms with Crippen LogP contribution in [0.4, 0.5) is 0 Å². The number of carbonyl (C=O) groups is 2. The van der Waals surface area contributed by atoms with Gasteiger partial charge in [-0.15, -0.1) is 0 Å². The van der Waals surface area contributed by atoms with Crippen molar-refractivity contribution in [1.29, 1.82) is 0 Å². The van der Waals surface area contributed by atoms with Gasteiger partial charge in [0.15, 0.2) is 11.5 Å². The summed E-state index contributed by atoms with van der Waals surface area (Å²) in [5.74, 6) is -2.71. The Morgan fingerprint density at radius 1 is 1.12 bits per heavy atom. The van der Waals surface area contributed by atoms with Crippen LogP contribution in [0.5, 0.6) is 11.5 Å². The van der Waals surface area contributed by atoms with E-state index in [0.717, 1.165) is 12.2 Å². The molecule has 128 valence electrons. The van der Waals surface area contributed by atoms with Crippen LogP contribution in [-0.4, -0.2) is 55.8 Å². The zero-order valence-corrected chi connectivity index (χ0v) is 12.4. The molecule has 0 bridgehead atoms. The molecular formula is C16H16O8. The minimum Gasteiger partial charge on any atom is -0.504 e. The quantitative estimate of drug-likeness (QED) is 0.217. The van der Waals surface area contributed by atoms with Gasteiger partial charge in [-0.1, -0.05) is 6.07 Å². The molecule has 3 atom stereocenters. The predicted molar refractivity (Wildman–Crippen MR) is 80.6 cm³/mol. The molecule has 1 aromatic carbocycles. The average Bonchev–Trinajstić information content (AvgIpc) is 2.53. The highest BCUT2D eigenvalue weighted by molar-refractivity contribution is 6.01. The number of hydrogen-bond donors (Lipinski definition) is 5. The van der Waals surface area contributed by atoms with Crippen LogP contribution in [0.3, 0.4) is 0 Å². The molecule has 1 aromatic rings. The lowest BCUT2D eigenvalue weighted by Gasteiger charge is -2.26. The maximum atomic E-state index is 11.8. The molecule has 1 aliphatic rings. The topological polar surface area (TPSA) is 145 Å². The normalized spacial score (nSPS) is 23.8. The molecule has 24 heavy (non-hydrogen) atoms. The lowest BCUT2D eigenvalue weighted by molar-refractivity contribution is -0.154. The van der Waals surface area contributed by atoms with Gasteiger partial charge in [0.05, 0.1) is 6.10 Å². The fourth-order valence-electron chi connectivity index (χ4n) is 2.10. The van der Waals surface area contributed by atoms with Gasteiger partial charge in [-0.3, -0.25) is 0 Å². The Labute approximate surface area is 136 Å². The number of ether oxygens (including phenoxy) is 1. The fourth-order valence-corrected chi connectivity index (χ4v) is 2.10. The lowest BCUT2D eigenvalue weighted by Crippen LogP contribution is -2.41. The summed E-state index contributed by atoms with van der Waals surface area (Å²) in [4.78, 5) is 23.4. The molecule has 8 nitrogen and oxygen atoms in total. The number of benzene rings is 1. The first-order chi connectivity index (χ1) is 11.3. The van der Waals surface area contributed by atoms with E-state index >= 15 is 0 Å². The Bertz CT molecular complexity index is 706. The maximum absolute atomic E-state index is 11.8. The van der Waals surface area contributed by atoms with Gasteiger partial charge in [0.25, 0.3) is 0 Å². The van der Waals surface area contributed by atoms with E-state index in [1.165, 1.54) is 24.3 Å². The van der Waals surface area contributed by atoms with Gasteiger partial charge < -0.3 is 30.3 Å². The minimum atomic E-state index is -1.43. The Hall–Kier alpha value is -2.68. The second kappa shape index (κ2) is 7.26. The summed E-state index contributed by atoms with van der Waals surface area (Å²) in [6.07, 6.45) is -1.19. The number of phenols is 2. The van der Waals surface area contributed by atoms with Crippen molar-refractivity contribution in [3.63, 3.8) is 0 Å². The summed E-state index contributed by atoms with van der Waals surface area (Å²) in [6, 6.07) is 3.86. The van der Waals surface area contributed by atoms with Gasteiger partial charge >= 0.3 is 11.9 Å². The molecule has 0 radical (unpaired) electrons. The summed E-state index contributed by atoms with van der Waals surface area (Å²) < 4.78 is 4.55. The highest BCUT2D eigenvalue weighted by Gasteiger charge is 2.32. The molecule has 1 aliphatic carbocycles. The molecule has 2 rings (SSSR count). The second-order valence-corrected chi connectivity index (χ2v) is 5.23. The van der Waals surface area contributed by atoms with Crippen LogP contribution < -0.4 is 0 Å². The number of hydrogen-bond acceptors (Lipinski definition) is 8.